The zero-order chi connectivity index (χ0) is 14.2. The van der Waals surface area contributed by atoms with Gasteiger partial charge in [-0.05, 0) is 12.1 Å². The van der Waals surface area contributed by atoms with Gasteiger partial charge in [-0.1, -0.05) is 0 Å². The van der Waals surface area contributed by atoms with Gasteiger partial charge in [0.1, 0.15) is 0 Å². The third kappa shape index (κ3) is 2.39. The zero-order valence-corrected chi connectivity index (χ0v) is 11.0. The molecule has 0 atom stereocenters. The van der Waals surface area contributed by atoms with E-state index < -0.39 is 14.9 Å². The van der Waals surface area contributed by atoms with Crippen molar-refractivity contribution in [1.82, 2.24) is 4.31 Å². The molecule has 1 fully saturated rings. The zero-order valence-electron chi connectivity index (χ0n) is 10.1. The van der Waals surface area contributed by atoms with E-state index in [0.29, 0.717) is 0 Å². The van der Waals surface area contributed by atoms with Crippen LogP contribution in [0.5, 0.6) is 5.75 Å². The molecule has 9 heteroatoms. The van der Waals surface area contributed by atoms with Crippen molar-refractivity contribution in [3.05, 3.63) is 28.3 Å². The van der Waals surface area contributed by atoms with Gasteiger partial charge in [-0.2, -0.15) is 4.31 Å². The predicted molar refractivity (Wildman–Crippen MR) is 66.4 cm³/mol. The number of rotatable bonds is 4. The molecule has 1 aromatic rings. The Kier molecular flexibility index (Phi) is 3.43. The second-order valence-electron chi connectivity index (χ2n) is 4.17. The van der Waals surface area contributed by atoms with Crippen LogP contribution in [0.2, 0.25) is 0 Å². The maximum atomic E-state index is 12.1. The Labute approximate surface area is 110 Å². The first kappa shape index (κ1) is 13.7. The van der Waals surface area contributed by atoms with Gasteiger partial charge < -0.3 is 10.5 Å². The summed E-state index contributed by atoms with van der Waals surface area (Å²) in [6, 6.07) is 3.37. The number of nitro groups is 1. The highest BCUT2D eigenvalue weighted by atomic mass is 32.2. The lowest BCUT2D eigenvalue weighted by molar-refractivity contribution is -0.386. The summed E-state index contributed by atoms with van der Waals surface area (Å²) in [7, 11) is -2.44. The van der Waals surface area contributed by atoms with Crippen LogP contribution in [0.15, 0.2) is 23.1 Å². The molecule has 0 spiro atoms. The van der Waals surface area contributed by atoms with Gasteiger partial charge >= 0.3 is 5.69 Å². The number of methoxy groups -OCH3 is 1. The summed E-state index contributed by atoms with van der Waals surface area (Å²) in [6.45, 7) is 0.449. The van der Waals surface area contributed by atoms with Crippen molar-refractivity contribution in [2.45, 2.75) is 10.9 Å². The highest BCUT2D eigenvalue weighted by Gasteiger charge is 2.35. The molecule has 104 valence electrons. The third-order valence-electron chi connectivity index (χ3n) is 2.86. The van der Waals surface area contributed by atoms with E-state index in [1.165, 1.54) is 23.5 Å². The maximum Gasteiger partial charge on any atom is 0.312 e. The third-order valence-corrected chi connectivity index (χ3v) is 4.69. The first-order chi connectivity index (χ1) is 8.86. The Hall–Kier alpha value is -1.71. The minimum absolute atomic E-state index is 0.0178. The number of ether oxygens (including phenoxy) is 1. The van der Waals surface area contributed by atoms with E-state index in [0.717, 1.165) is 6.07 Å². The number of nitro benzene ring substituents is 1. The van der Waals surface area contributed by atoms with Crippen LogP contribution in [-0.2, 0) is 10.0 Å². The molecule has 8 nitrogen and oxygen atoms in total. The van der Waals surface area contributed by atoms with Crippen molar-refractivity contribution < 1.29 is 18.1 Å². The SMILES string of the molecule is COc1ccc(S(=O)(=O)N2CC(N)C2)cc1[N+](=O)[O-]. The molecule has 0 radical (unpaired) electrons. The molecule has 2 rings (SSSR count). The van der Waals surface area contributed by atoms with E-state index in [-0.39, 0.29) is 35.5 Å². The number of hydrogen-bond acceptors (Lipinski definition) is 6. The van der Waals surface area contributed by atoms with E-state index in [2.05, 4.69) is 0 Å². The van der Waals surface area contributed by atoms with Gasteiger partial charge in [0.05, 0.1) is 16.9 Å². The molecule has 0 amide bonds. The lowest BCUT2D eigenvalue weighted by Crippen LogP contribution is -2.57. The first-order valence-electron chi connectivity index (χ1n) is 5.44. The largest absolute Gasteiger partial charge is 0.490 e. The molecule has 0 unspecified atom stereocenters. The average molecular weight is 287 g/mol. The van der Waals surface area contributed by atoms with Crippen LogP contribution in [0.4, 0.5) is 5.69 Å². The Morgan fingerprint density at radius 2 is 2.11 bits per heavy atom. The van der Waals surface area contributed by atoms with Gasteiger partial charge in [0.2, 0.25) is 10.0 Å². The standard InChI is InChI=1S/C10H13N3O5S/c1-18-10-3-2-8(4-9(10)13(14)15)19(16,17)12-5-7(11)6-12/h2-4,7H,5-6,11H2,1H3. The van der Waals surface area contributed by atoms with Gasteiger partial charge in [-0.15, -0.1) is 0 Å². The number of nitrogens with two attached hydrogens (primary N) is 1. The van der Waals surface area contributed by atoms with Crippen molar-refractivity contribution in [1.29, 1.82) is 0 Å². The second-order valence-corrected chi connectivity index (χ2v) is 6.11. The van der Waals surface area contributed by atoms with Crippen molar-refractivity contribution in [2.24, 2.45) is 5.73 Å². The Balaban J connectivity index is 2.41. The number of sulfonamides is 1. The highest BCUT2D eigenvalue weighted by molar-refractivity contribution is 7.89. The molecular weight excluding hydrogens is 274 g/mol. The van der Waals surface area contributed by atoms with Gasteiger partial charge in [0.25, 0.3) is 0 Å². The first-order valence-corrected chi connectivity index (χ1v) is 6.88. The molecule has 1 aliphatic rings. The molecule has 0 bridgehead atoms. The second kappa shape index (κ2) is 4.76. The van der Waals surface area contributed by atoms with Crippen LogP contribution in [0.1, 0.15) is 0 Å². The van der Waals surface area contributed by atoms with Crippen molar-refractivity contribution in [3.8, 4) is 5.75 Å². The van der Waals surface area contributed by atoms with Crippen LogP contribution < -0.4 is 10.5 Å². The summed E-state index contributed by atoms with van der Waals surface area (Å²) in [4.78, 5) is 10.0. The summed E-state index contributed by atoms with van der Waals surface area (Å²) in [5, 5.41) is 10.9. The van der Waals surface area contributed by atoms with E-state index in [4.69, 9.17) is 10.5 Å². The molecule has 2 N–H and O–H groups in total. The Morgan fingerprint density at radius 3 is 2.58 bits per heavy atom. The van der Waals surface area contributed by atoms with Crippen molar-refractivity contribution in [2.75, 3.05) is 20.2 Å². The van der Waals surface area contributed by atoms with Gasteiger partial charge in [0, 0.05) is 25.2 Å². The quantitative estimate of drug-likeness (QED) is 0.612. The molecule has 1 aliphatic heterocycles. The molecule has 0 aromatic heterocycles. The Morgan fingerprint density at radius 1 is 1.47 bits per heavy atom. The molecule has 1 aromatic carbocycles. The average Bonchev–Trinajstić information content (AvgIpc) is 2.33. The van der Waals surface area contributed by atoms with Crippen molar-refractivity contribution in [3.63, 3.8) is 0 Å². The number of benzene rings is 1. The monoisotopic (exact) mass is 287 g/mol. The summed E-state index contributed by atoms with van der Waals surface area (Å²) in [5.41, 5.74) is 5.15. The molecular formula is C10H13N3O5S. The predicted octanol–water partition coefficient (Wildman–Crippen LogP) is -0.0650. The van der Waals surface area contributed by atoms with Gasteiger partial charge in [-0.3, -0.25) is 10.1 Å². The summed E-state index contributed by atoms with van der Waals surface area (Å²) in [5.74, 6) is 0.0178. The maximum absolute atomic E-state index is 12.1. The van der Waals surface area contributed by atoms with Crippen LogP contribution in [0.3, 0.4) is 0 Å². The van der Waals surface area contributed by atoms with Gasteiger partial charge in [0.15, 0.2) is 5.75 Å². The summed E-state index contributed by atoms with van der Waals surface area (Å²) >= 11 is 0. The summed E-state index contributed by atoms with van der Waals surface area (Å²) in [6.07, 6.45) is 0. The van der Waals surface area contributed by atoms with E-state index >= 15 is 0 Å². The fraction of sp³-hybridized carbons (Fsp3) is 0.400. The summed E-state index contributed by atoms with van der Waals surface area (Å²) < 4.78 is 30.3. The molecule has 1 saturated heterocycles. The lowest BCUT2D eigenvalue weighted by atomic mass is 10.2. The van der Waals surface area contributed by atoms with Crippen LogP contribution in [0.25, 0.3) is 0 Å². The highest BCUT2D eigenvalue weighted by Crippen LogP contribution is 2.31. The van der Waals surface area contributed by atoms with Crippen LogP contribution in [-0.4, -0.2) is 43.9 Å². The lowest BCUT2D eigenvalue weighted by Gasteiger charge is -2.35. The number of nitrogens with zero attached hydrogens (tertiary/aromatic N) is 2. The van der Waals surface area contributed by atoms with Gasteiger partial charge in [-0.25, -0.2) is 8.42 Å². The molecule has 0 aliphatic carbocycles. The normalized spacial score (nSPS) is 16.9. The van der Waals surface area contributed by atoms with Crippen LogP contribution >= 0.6 is 0 Å². The smallest absolute Gasteiger partial charge is 0.312 e. The minimum Gasteiger partial charge on any atom is -0.490 e. The van der Waals surface area contributed by atoms with E-state index in [1.807, 2.05) is 0 Å². The minimum atomic E-state index is -3.72. The number of hydrogen-bond donors (Lipinski definition) is 1. The fourth-order valence-corrected chi connectivity index (χ4v) is 3.36. The Bertz CT molecular complexity index is 610. The van der Waals surface area contributed by atoms with E-state index in [9.17, 15) is 18.5 Å². The van der Waals surface area contributed by atoms with Crippen LogP contribution in [0, 0.1) is 10.1 Å². The molecule has 0 saturated carbocycles. The van der Waals surface area contributed by atoms with Crippen molar-refractivity contribution >= 4 is 15.7 Å². The topological polar surface area (TPSA) is 116 Å². The molecule has 1 heterocycles. The van der Waals surface area contributed by atoms with E-state index in [1.54, 1.807) is 0 Å². The molecule has 19 heavy (non-hydrogen) atoms. The fourth-order valence-electron chi connectivity index (χ4n) is 1.79.